The van der Waals surface area contributed by atoms with Gasteiger partial charge in [-0.15, -0.1) is 0 Å². The lowest BCUT2D eigenvalue weighted by molar-refractivity contribution is -0.139. The number of nitriles is 1. The number of hydrogen-bond acceptors (Lipinski definition) is 3. The van der Waals surface area contributed by atoms with Gasteiger partial charge < -0.3 is 0 Å². The minimum absolute atomic E-state index is 0.257. The van der Waals surface area contributed by atoms with Crippen molar-refractivity contribution in [2.24, 2.45) is 0 Å². The molecule has 1 rings (SSSR count). The lowest BCUT2D eigenvalue weighted by Gasteiger charge is -2.12. The van der Waals surface area contributed by atoms with Crippen molar-refractivity contribution in [2.75, 3.05) is 7.05 Å². The van der Waals surface area contributed by atoms with Crippen molar-refractivity contribution in [1.29, 1.82) is 5.26 Å². The van der Waals surface area contributed by atoms with E-state index in [4.69, 9.17) is 5.26 Å². The topological polar surface area (TPSA) is 70.0 Å². The molecule has 0 amide bonds. The Morgan fingerprint density at radius 1 is 1.35 bits per heavy atom. The molecule has 0 aliphatic heterocycles. The van der Waals surface area contributed by atoms with E-state index in [1.54, 1.807) is 4.72 Å². The highest BCUT2D eigenvalue weighted by molar-refractivity contribution is 7.89. The first kappa shape index (κ1) is 13.5. The van der Waals surface area contributed by atoms with E-state index in [-0.39, 0.29) is 5.56 Å². The van der Waals surface area contributed by atoms with Crippen LogP contribution in [0.1, 0.15) is 11.1 Å². The van der Waals surface area contributed by atoms with Crippen molar-refractivity contribution >= 4 is 10.0 Å². The Hall–Kier alpha value is -1.59. The lowest BCUT2D eigenvalue weighted by atomic mass is 10.1. The molecular weight excluding hydrogens is 257 g/mol. The lowest BCUT2D eigenvalue weighted by Crippen LogP contribution is -2.22. The predicted octanol–water partition coefficient (Wildman–Crippen LogP) is 1.49. The number of nitrogens with one attached hydrogen (secondary N) is 1. The van der Waals surface area contributed by atoms with Crippen LogP contribution in [0.25, 0.3) is 0 Å². The van der Waals surface area contributed by atoms with Gasteiger partial charge in [-0.25, -0.2) is 13.1 Å². The molecule has 0 aliphatic rings. The van der Waals surface area contributed by atoms with Crippen LogP contribution in [-0.4, -0.2) is 15.5 Å². The number of hydrogen-bond donors (Lipinski definition) is 1. The zero-order chi connectivity index (χ0) is 13.3. The molecule has 1 aromatic carbocycles. The second kappa shape index (κ2) is 4.35. The predicted molar refractivity (Wildman–Crippen MR) is 52.4 cm³/mol. The number of sulfonamides is 1. The van der Waals surface area contributed by atoms with Crippen LogP contribution >= 0.6 is 0 Å². The standard InChI is InChI=1S/C9H7F3N2O2S/c1-14-17(15,16)8-3-2-6(5-13)4-7(8)9(10,11)12/h2-4,14H,1H3. The molecule has 0 radical (unpaired) electrons. The monoisotopic (exact) mass is 264 g/mol. The van der Waals surface area contributed by atoms with Gasteiger partial charge in [0.05, 0.1) is 22.1 Å². The van der Waals surface area contributed by atoms with Crippen molar-refractivity contribution in [3.05, 3.63) is 29.3 Å². The van der Waals surface area contributed by atoms with Gasteiger partial charge in [0.2, 0.25) is 10.0 Å². The maximum atomic E-state index is 12.6. The summed E-state index contributed by atoms with van der Waals surface area (Å²) < 4.78 is 62.4. The second-order valence-electron chi connectivity index (χ2n) is 3.03. The number of rotatable bonds is 2. The number of alkyl halides is 3. The van der Waals surface area contributed by atoms with Crippen LogP contribution in [-0.2, 0) is 16.2 Å². The van der Waals surface area contributed by atoms with Gasteiger partial charge in [0.1, 0.15) is 0 Å². The third-order valence-electron chi connectivity index (χ3n) is 1.97. The third-order valence-corrected chi connectivity index (χ3v) is 3.44. The van der Waals surface area contributed by atoms with Crippen LogP contribution in [0.4, 0.5) is 13.2 Å². The fourth-order valence-electron chi connectivity index (χ4n) is 1.17. The smallest absolute Gasteiger partial charge is 0.214 e. The van der Waals surface area contributed by atoms with Crippen molar-refractivity contribution in [1.82, 2.24) is 4.72 Å². The maximum Gasteiger partial charge on any atom is 0.417 e. The summed E-state index contributed by atoms with van der Waals surface area (Å²) in [6.45, 7) is 0. The fourth-order valence-corrected chi connectivity index (χ4v) is 2.10. The van der Waals surface area contributed by atoms with Crippen molar-refractivity contribution < 1.29 is 21.6 Å². The van der Waals surface area contributed by atoms with E-state index in [9.17, 15) is 21.6 Å². The Bertz CT molecular complexity index is 573. The first-order chi connectivity index (χ1) is 7.72. The quantitative estimate of drug-likeness (QED) is 0.879. The summed E-state index contributed by atoms with van der Waals surface area (Å²) in [5.74, 6) is 0. The minimum Gasteiger partial charge on any atom is -0.214 e. The highest BCUT2D eigenvalue weighted by Gasteiger charge is 2.37. The molecule has 0 bridgehead atoms. The first-order valence-corrected chi connectivity index (χ1v) is 5.75. The van der Waals surface area contributed by atoms with E-state index in [0.29, 0.717) is 6.07 Å². The number of nitrogens with zero attached hydrogens (tertiary/aromatic N) is 1. The van der Waals surface area contributed by atoms with E-state index in [1.807, 2.05) is 0 Å². The highest BCUT2D eigenvalue weighted by Crippen LogP contribution is 2.34. The van der Waals surface area contributed by atoms with Crippen molar-refractivity contribution in [3.63, 3.8) is 0 Å². The van der Waals surface area contributed by atoms with E-state index < -0.39 is 26.7 Å². The molecule has 0 saturated heterocycles. The Kier molecular flexibility index (Phi) is 3.45. The Morgan fingerprint density at radius 2 is 1.94 bits per heavy atom. The van der Waals surface area contributed by atoms with Crippen LogP contribution in [0.5, 0.6) is 0 Å². The van der Waals surface area contributed by atoms with Gasteiger partial charge in [0, 0.05) is 0 Å². The Labute approximate surface area is 95.7 Å². The fraction of sp³-hybridized carbons (Fsp3) is 0.222. The Morgan fingerprint density at radius 3 is 2.35 bits per heavy atom. The van der Waals surface area contributed by atoms with E-state index in [2.05, 4.69) is 0 Å². The van der Waals surface area contributed by atoms with Gasteiger partial charge in [0.15, 0.2) is 0 Å². The highest BCUT2D eigenvalue weighted by atomic mass is 32.2. The van der Waals surface area contributed by atoms with E-state index in [0.717, 1.165) is 19.2 Å². The molecule has 0 fully saturated rings. The van der Waals surface area contributed by atoms with Crippen molar-refractivity contribution in [2.45, 2.75) is 11.1 Å². The zero-order valence-electron chi connectivity index (χ0n) is 8.54. The number of halogens is 3. The van der Waals surface area contributed by atoms with Gasteiger partial charge in [-0.1, -0.05) is 0 Å². The summed E-state index contributed by atoms with van der Waals surface area (Å²) >= 11 is 0. The van der Waals surface area contributed by atoms with Crippen LogP contribution in [0.15, 0.2) is 23.1 Å². The molecule has 0 unspecified atom stereocenters. The summed E-state index contributed by atoms with van der Waals surface area (Å²) in [5.41, 5.74) is -1.61. The van der Waals surface area contributed by atoms with Crippen LogP contribution in [0.2, 0.25) is 0 Å². The molecule has 0 aromatic heterocycles. The van der Waals surface area contributed by atoms with Crippen molar-refractivity contribution in [3.8, 4) is 6.07 Å². The molecule has 92 valence electrons. The van der Waals surface area contributed by atoms with Gasteiger partial charge in [-0.3, -0.25) is 0 Å². The molecule has 0 spiro atoms. The van der Waals surface area contributed by atoms with E-state index >= 15 is 0 Å². The SMILES string of the molecule is CNS(=O)(=O)c1ccc(C#N)cc1C(F)(F)F. The molecule has 17 heavy (non-hydrogen) atoms. The second-order valence-corrected chi connectivity index (χ2v) is 4.88. The summed E-state index contributed by atoms with van der Waals surface area (Å²) in [7, 11) is -3.21. The molecule has 1 N–H and O–H groups in total. The summed E-state index contributed by atoms with van der Waals surface area (Å²) in [6.07, 6.45) is -4.84. The average Bonchev–Trinajstić information content (AvgIpc) is 2.27. The number of benzene rings is 1. The van der Waals surface area contributed by atoms with Crippen LogP contribution in [0, 0.1) is 11.3 Å². The van der Waals surface area contributed by atoms with Gasteiger partial charge >= 0.3 is 6.18 Å². The summed E-state index contributed by atoms with van der Waals surface area (Å²) in [6, 6.07) is 3.80. The first-order valence-electron chi connectivity index (χ1n) is 4.27. The van der Waals surface area contributed by atoms with Crippen LogP contribution in [0.3, 0.4) is 0 Å². The average molecular weight is 264 g/mol. The maximum absolute atomic E-state index is 12.6. The van der Waals surface area contributed by atoms with Gasteiger partial charge in [0.25, 0.3) is 0 Å². The van der Waals surface area contributed by atoms with Gasteiger partial charge in [-0.2, -0.15) is 18.4 Å². The zero-order valence-corrected chi connectivity index (χ0v) is 9.35. The Balaban J connectivity index is 3.59. The largest absolute Gasteiger partial charge is 0.417 e. The molecule has 8 heteroatoms. The summed E-state index contributed by atoms with van der Waals surface area (Å²) in [5, 5.41) is 8.50. The van der Waals surface area contributed by atoms with E-state index in [1.165, 1.54) is 6.07 Å². The molecule has 0 saturated carbocycles. The molecule has 0 aliphatic carbocycles. The normalized spacial score (nSPS) is 12.2. The molecule has 0 atom stereocenters. The van der Waals surface area contributed by atoms with Gasteiger partial charge in [-0.05, 0) is 25.2 Å². The molecule has 1 aromatic rings. The molecule has 0 heterocycles. The van der Waals surface area contributed by atoms with Crippen LogP contribution < -0.4 is 4.72 Å². The summed E-state index contributed by atoms with van der Waals surface area (Å²) in [4.78, 5) is -0.897. The molecular formula is C9H7F3N2O2S. The minimum atomic E-state index is -4.84. The third kappa shape index (κ3) is 2.75. The molecule has 4 nitrogen and oxygen atoms in total.